The molecule has 2 aliphatic heterocycles. The van der Waals surface area contributed by atoms with E-state index in [4.69, 9.17) is 9.47 Å². The van der Waals surface area contributed by atoms with Gasteiger partial charge in [0.1, 0.15) is 12.2 Å². The van der Waals surface area contributed by atoms with Gasteiger partial charge >= 0.3 is 0 Å². The fraction of sp³-hybridized carbons (Fsp3) is 1.00. The first-order valence-corrected chi connectivity index (χ1v) is 4.72. The zero-order valence-electron chi connectivity index (χ0n) is 5.68. The molecule has 0 aromatic heterocycles. The predicted octanol–water partition coefficient (Wildman–Crippen LogP) is -0.733. The summed E-state index contributed by atoms with van der Waals surface area (Å²) in [5.41, 5.74) is 0. The Balaban J connectivity index is 2.16. The average Bonchev–Trinajstić information content (AvgIpc) is 2.44. The number of hydrogen-bond donors (Lipinski definition) is 2. The Morgan fingerprint density at radius 3 is 2.73 bits per heavy atom. The van der Waals surface area contributed by atoms with E-state index in [0.717, 1.165) is 0 Å². The van der Waals surface area contributed by atoms with Gasteiger partial charge in [0.05, 0.1) is 16.6 Å². The van der Waals surface area contributed by atoms with Crippen molar-refractivity contribution < 1.29 is 19.7 Å². The van der Waals surface area contributed by atoms with Crippen LogP contribution in [-0.2, 0) is 9.47 Å². The lowest BCUT2D eigenvalue weighted by Crippen LogP contribution is -2.51. The molecule has 2 bridgehead atoms. The van der Waals surface area contributed by atoms with E-state index >= 15 is 0 Å². The van der Waals surface area contributed by atoms with E-state index in [2.05, 4.69) is 0 Å². The molecular formula is C6H9IO4. The molecule has 0 unspecified atom stereocenters. The lowest BCUT2D eigenvalue weighted by Gasteiger charge is -2.32. The molecule has 2 aliphatic rings. The van der Waals surface area contributed by atoms with Crippen LogP contribution in [0.25, 0.3) is 0 Å². The van der Waals surface area contributed by atoms with Crippen molar-refractivity contribution in [1.82, 2.24) is 0 Å². The molecule has 0 spiro atoms. The van der Waals surface area contributed by atoms with Gasteiger partial charge in [-0.25, -0.2) is 0 Å². The van der Waals surface area contributed by atoms with Gasteiger partial charge in [-0.2, -0.15) is 0 Å². The second kappa shape index (κ2) is 2.81. The Morgan fingerprint density at radius 1 is 1.27 bits per heavy atom. The minimum absolute atomic E-state index is 0.165. The summed E-state index contributed by atoms with van der Waals surface area (Å²) >= 11 is 2.03. The average molecular weight is 272 g/mol. The number of rotatable bonds is 0. The molecule has 0 aliphatic carbocycles. The molecule has 5 heteroatoms. The summed E-state index contributed by atoms with van der Waals surface area (Å²) in [5.74, 6) is 0. The van der Waals surface area contributed by atoms with Gasteiger partial charge in [-0.3, -0.25) is 0 Å². The third kappa shape index (κ3) is 1.19. The number of fused-ring (bicyclic) bond motifs is 2. The Morgan fingerprint density at radius 2 is 2.00 bits per heavy atom. The van der Waals surface area contributed by atoms with Crippen LogP contribution in [0.3, 0.4) is 0 Å². The van der Waals surface area contributed by atoms with Crippen molar-refractivity contribution in [3.8, 4) is 0 Å². The van der Waals surface area contributed by atoms with Crippen molar-refractivity contribution >= 4 is 22.6 Å². The Labute approximate surface area is 77.6 Å². The molecule has 2 fully saturated rings. The minimum Gasteiger partial charge on any atom is -0.389 e. The summed E-state index contributed by atoms with van der Waals surface area (Å²) in [6.45, 7) is 0.391. The second-order valence-corrected chi connectivity index (χ2v) is 4.24. The van der Waals surface area contributed by atoms with Crippen molar-refractivity contribution in [3.05, 3.63) is 0 Å². The predicted molar refractivity (Wildman–Crippen MR) is 44.4 cm³/mol. The highest BCUT2D eigenvalue weighted by molar-refractivity contribution is 14.1. The first kappa shape index (κ1) is 8.18. The van der Waals surface area contributed by atoms with E-state index < -0.39 is 12.2 Å². The van der Waals surface area contributed by atoms with E-state index in [-0.39, 0.29) is 16.3 Å². The quantitative estimate of drug-likeness (QED) is 0.451. The number of ether oxygens (including phenoxy) is 2. The largest absolute Gasteiger partial charge is 0.389 e. The van der Waals surface area contributed by atoms with Crippen molar-refractivity contribution in [1.29, 1.82) is 0 Å². The van der Waals surface area contributed by atoms with Gasteiger partial charge in [-0.1, -0.05) is 22.6 Å². The molecule has 0 radical (unpaired) electrons. The summed E-state index contributed by atoms with van der Waals surface area (Å²) in [6, 6.07) is 0. The lowest BCUT2D eigenvalue weighted by atomic mass is 10.0. The lowest BCUT2D eigenvalue weighted by molar-refractivity contribution is -0.156. The highest BCUT2D eigenvalue weighted by Gasteiger charge is 2.48. The number of hydrogen-bond acceptors (Lipinski definition) is 4. The van der Waals surface area contributed by atoms with E-state index in [1.807, 2.05) is 22.6 Å². The van der Waals surface area contributed by atoms with Crippen LogP contribution in [0.5, 0.6) is 0 Å². The van der Waals surface area contributed by atoms with Crippen LogP contribution in [0.15, 0.2) is 0 Å². The first-order chi connectivity index (χ1) is 5.20. The van der Waals surface area contributed by atoms with Gasteiger partial charge in [0.25, 0.3) is 0 Å². The monoisotopic (exact) mass is 272 g/mol. The van der Waals surface area contributed by atoms with Crippen molar-refractivity contribution in [2.45, 2.75) is 28.5 Å². The fourth-order valence-electron chi connectivity index (χ4n) is 1.36. The summed E-state index contributed by atoms with van der Waals surface area (Å²) in [4.78, 5) is 0. The maximum Gasteiger partial charge on any atom is 0.172 e. The number of halogens is 1. The molecule has 2 saturated heterocycles. The van der Waals surface area contributed by atoms with Crippen LogP contribution in [-0.4, -0.2) is 45.3 Å². The SMILES string of the molecule is O[C@@H]1[C@H](O)[C@H]2CO[C@H](O2)[C@H]1I. The van der Waals surface area contributed by atoms with E-state index in [9.17, 15) is 10.2 Å². The van der Waals surface area contributed by atoms with Gasteiger partial charge in [0.15, 0.2) is 6.29 Å². The third-order valence-corrected chi connectivity index (χ3v) is 3.37. The Hall–Kier alpha value is 0.570. The Kier molecular flexibility index (Phi) is 2.09. The van der Waals surface area contributed by atoms with Gasteiger partial charge < -0.3 is 19.7 Å². The first-order valence-electron chi connectivity index (χ1n) is 3.47. The minimum atomic E-state index is -0.796. The van der Waals surface area contributed by atoms with Crippen molar-refractivity contribution in [2.24, 2.45) is 0 Å². The molecule has 5 atom stereocenters. The standard InChI is InChI=1S/C6H9IO4/c7-3-5(9)4(8)2-1-10-6(3)11-2/h2-6,8-9H,1H2/t2-,3+,4-,5+,6-/m1/s1. The van der Waals surface area contributed by atoms with Gasteiger partial charge in [0.2, 0.25) is 0 Å². The van der Waals surface area contributed by atoms with E-state index in [0.29, 0.717) is 6.61 Å². The van der Waals surface area contributed by atoms with Crippen LogP contribution >= 0.6 is 22.6 Å². The summed E-state index contributed by atoms with van der Waals surface area (Å²) in [7, 11) is 0. The summed E-state index contributed by atoms with van der Waals surface area (Å²) in [6.07, 6.45) is -2.18. The smallest absolute Gasteiger partial charge is 0.172 e. The topological polar surface area (TPSA) is 58.9 Å². The summed E-state index contributed by atoms with van der Waals surface area (Å²) in [5, 5.41) is 18.8. The van der Waals surface area contributed by atoms with Crippen LogP contribution in [0.2, 0.25) is 0 Å². The maximum atomic E-state index is 9.41. The number of aliphatic hydroxyl groups excluding tert-OH is 2. The molecular weight excluding hydrogens is 263 g/mol. The zero-order chi connectivity index (χ0) is 8.01. The van der Waals surface area contributed by atoms with Crippen LogP contribution < -0.4 is 0 Å². The molecule has 11 heavy (non-hydrogen) atoms. The van der Waals surface area contributed by atoms with E-state index in [1.165, 1.54) is 0 Å². The molecule has 2 rings (SSSR count). The normalized spacial score (nSPS) is 56.5. The van der Waals surface area contributed by atoms with Crippen LogP contribution in [0.1, 0.15) is 0 Å². The van der Waals surface area contributed by atoms with Crippen LogP contribution in [0.4, 0.5) is 0 Å². The highest BCUT2D eigenvalue weighted by Crippen LogP contribution is 2.32. The maximum absolute atomic E-state index is 9.41. The second-order valence-electron chi connectivity index (χ2n) is 2.80. The highest BCUT2D eigenvalue weighted by atomic mass is 127. The molecule has 2 N–H and O–H groups in total. The van der Waals surface area contributed by atoms with Crippen molar-refractivity contribution in [2.75, 3.05) is 6.61 Å². The molecule has 4 nitrogen and oxygen atoms in total. The molecule has 0 amide bonds. The molecule has 64 valence electrons. The fourth-order valence-corrected chi connectivity index (χ4v) is 2.16. The van der Waals surface area contributed by atoms with Gasteiger partial charge in [0, 0.05) is 0 Å². The number of alkyl halides is 1. The number of aliphatic hydroxyl groups is 2. The molecule has 0 aromatic carbocycles. The van der Waals surface area contributed by atoms with Gasteiger partial charge in [-0.15, -0.1) is 0 Å². The summed E-state index contributed by atoms with van der Waals surface area (Å²) < 4.78 is 10.3. The molecule has 2 heterocycles. The molecule has 0 saturated carbocycles. The molecule has 0 aromatic rings. The Bertz CT molecular complexity index is 145. The third-order valence-electron chi connectivity index (χ3n) is 2.05. The van der Waals surface area contributed by atoms with E-state index in [1.54, 1.807) is 0 Å². The van der Waals surface area contributed by atoms with Gasteiger partial charge in [-0.05, 0) is 0 Å². The van der Waals surface area contributed by atoms with Crippen LogP contribution in [0, 0.1) is 0 Å². The van der Waals surface area contributed by atoms with Crippen molar-refractivity contribution in [3.63, 3.8) is 0 Å². The zero-order valence-corrected chi connectivity index (χ0v) is 7.84.